The predicted octanol–water partition coefficient (Wildman–Crippen LogP) is 3.60. The Hall–Kier alpha value is -2.33. The number of hydrogen-bond donors (Lipinski definition) is 1. The Balaban J connectivity index is 1.81. The van der Waals surface area contributed by atoms with Crippen LogP contribution in [0.4, 0.5) is 10.5 Å². The molecule has 2 aliphatic rings. The topological polar surface area (TPSA) is 105 Å². The lowest BCUT2D eigenvalue weighted by molar-refractivity contribution is -0.120. The summed E-state index contributed by atoms with van der Waals surface area (Å²) in [5.74, 6) is -0.110. The van der Waals surface area contributed by atoms with E-state index in [1.54, 1.807) is 39.8 Å². The Morgan fingerprint density at radius 2 is 1.79 bits per heavy atom. The van der Waals surface area contributed by atoms with E-state index in [0.29, 0.717) is 44.8 Å². The van der Waals surface area contributed by atoms with Crippen LogP contribution in [0.25, 0.3) is 0 Å². The van der Waals surface area contributed by atoms with E-state index in [2.05, 4.69) is 5.32 Å². The highest BCUT2D eigenvalue weighted by molar-refractivity contribution is 7.89. The Bertz CT molecular complexity index is 967. The molecule has 3 rings (SSSR count). The van der Waals surface area contributed by atoms with Crippen LogP contribution < -0.4 is 10.1 Å². The maximum Gasteiger partial charge on any atom is 0.410 e. The summed E-state index contributed by atoms with van der Waals surface area (Å²) in [7, 11) is -3.76. The molecule has 2 saturated heterocycles. The fourth-order valence-electron chi connectivity index (χ4n) is 4.11. The zero-order valence-electron chi connectivity index (χ0n) is 19.9. The Kier molecular flexibility index (Phi) is 7.89. The maximum absolute atomic E-state index is 13.3. The van der Waals surface area contributed by atoms with Gasteiger partial charge in [-0.1, -0.05) is 6.42 Å². The number of anilines is 1. The Morgan fingerprint density at radius 1 is 1.09 bits per heavy atom. The summed E-state index contributed by atoms with van der Waals surface area (Å²) in [5, 5.41) is 2.79. The number of ether oxygens (including phenoxy) is 2. The van der Waals surface area contributed by atoms with Crippen molar-refractivity contribution in [2.45, 2.75) is 76.3 Å². The van der Waals surface area contributed by atoms with Gasteiger partial charge < -0.3 is 14.8 Å². The van der Waals surface area contributed by atoms with Crippen molar-refractivity contribution in [1.29, 1.82) is 0 Å². The third kappa shape index (κ3) is 6.17. The molecular weight excluding hydrogens is 446 g/mol. The predicted molar refractivity (Wildman–Crippen MR) is 125 cm³/mol. The lowest BCUT2D eigenvalue weighted by Crippen LogP contribution is -2.45. The van der Waals surface area contributed by atoms with Crippen molar-refractivity contribution in [2.24, 2.45) is 0 Å². The third-order valence-corrected chi connectivity index (χ3v) is 7.55. The van der Waals surface area contributed by atoms with Crippen LogP contribution in [0.1, 0.15) is 59.8 Å². The van der Waals surface area contributed by atoms with E-state index in [9.17, 15) is 18.0 Å². The quantitative estimate of drug-likeness (QED) is 0.666. The number of benzene rings is 1. The number of carbonyl (C=O) groups is 2. The summed E-state index contributed by atoms with van der Waals surface area (Å²) >= 11 is 0. The monoisotopic (exact) mass is 481 g/mol. The maximum atomic E-state index is 13.3. The fraction of sp³-hybridized carbons (Fsp3) is 0.652. The molecule has 1 atom stereocenters. The molecule has 9 nitrogen and oxygen atoms in total. The molecule has 0 aliphatic carbocycles. The highest BCUT2D eigenvalue weighted by Crippen LogP contribution is 2.32. The number of rotatable bonds is 6. The number of amides is 2. The van der Waals surface area contributed by atoms with Crippen LogP contribution in [-0.4, -0.2) is 67.5 Å². The molecule has 0 bridgehead atoms. The summed E-state index contributed by atoms with van der Waals surface area (Å²) < 4.78 is 39.1. The molecule has 2 heterocycles. The number of piperidine rings is 1. The second kappa shape index (κ2) is 10.3. The van der Waals surface area contributed by atoms with Gasteiger partial charge in [-0.3, -0.25) is 9.69 Å². The van der Waals surface area contributed by atoms with Crippen LogP contribution >= 0.6 is 0 Å². The van der Waals surface area contributed by atoms with Crippen LogP contribution in [0, 0.1) is 0 Å². The van der Waals surface area contributed by atoms with Crippen LogP contribution in [0.5, 0.6) is 5.75 Å². The van der Waals surface area contributed by atoms with Gasteiger partial charge in [0.05, 0.1) is 6.61 Å². The summed E-state index contributed by atoms with van der Waals surface area (Å²) in [6.45, 7) is 8.82. The van der Waals surface area contributed by atoms with Gasteiger partial charge in [0.2, 0.25) is 15.9 Å². The van der Waals surface area contributed by atoms with Gasteiger partial charge >= 0.3 is 6.09 Å². The summed E-state index contributed by atoms with van der Waals surface area (Å²) in [4.78, 5) is 27.0. The van der Waals surface area contributed by atoms with Crippen LogP contribution in [0.3, 0.4) is 0 Å². The van der Waals surface area contributed by atoms with Gasteiger partial charge in [-0.25, -0.2) is 13.2 Å². The van der Waals surface area contributed by atoms with Gasteiger partial charge in [0.1, 0.15) is 22.3 Å². The first kappa shape index (κ1) is 25.3. The van der Waals surface area contributed by atoms with E-state index in [1.165, 1.54) is 15.3 Å². The van der Waals surface area contributed by atoms with E-state index in [4.69, 9.17) is 9.47 Å². The smallest absolute Gasteiger partial charge is 0.410 e. The van der Waals surface area contributed by atoms with Gasteiger partial charge in [-0.05, 0) is 71.6 Å². The average molecular weight is 482 g/mol. The van der Waals surface area contributed by atoms with E-state index >= 15 is 0 Å². The number of nitrogens with zero attached hydrogens (tertiary/aromatic N) is 2. The highest BCUT2D eigenvalue weighted by atomic mass is 32.2. The van der Waals surface area contributed by atoms with Gasteiger partial charge in [0.25, 0.3) is 0 Å². The molecule has 2 amide bonds. The van der Waals surface area contributed by atoms with Crippen LogP contribution in [0.15, 0.2) is 23.1 Å². The van der Waals surface area contributed by atoms with Crippen molar-refractivity contribution in [3.05, 3.63) is 18.2 Å². The summed E-state index contributed by atoms with van der Waals surface area (Å²) in [6.07, 6.45) is 3.33. The molecule has 2 aliphatic heterocycles. The number of hydrogen-bond acceptors (Lipinski definition) is 6. The second-order valence-electron chi connectivity index (χ2n) is 9.38. The van der Waals surface area contributed by atoms with Gasteiger partial charge in [0.15, 0.2) is 0 Å². The van der Waals surface area contributed by atoms with Crippen LogP contribution in [0.2, 0.25) is 0 Å². The minimum absolute atomic E-state index is 0.0412. The van der Waals surface area contributed by atoms with Gasteiger partial charge in [0, 0.05) is 25.3 Å². The van der Waals surface area contributed by atoms with Crippen LogP contribution in [-0.2, 0) is 19.6 Å². The number of carbonyl (C=O) groups excluding carboxylic acids is 2. The summed E-state index contributed by atoms with van der Waals surface area (Å²) in [6, 6.07) is 3.95. The molecule has 1 N–H and O–H groups in total. The molecule has 0 aromatic heterocycles. The first-order chi connectivity index (χ1) is 15.5. The fourth-order valence-corrected chi connectivity index (χ4v) is 5.78. The molecule has 1 aromatic rings. The standard InChI is InChI=1S/C23H35N3O6S/c1-5-31-19-12-11-17(16-20(19)33(29,30)25-13-7-6-8-14-25)24-21(27)18-10-9-15-26(18)22(28)32-23(2,3)4/h11-12,16,18H,5-10,13-15H2,1-4H3,(H,24,27)/t18-/m0/s1. The number of likely N-dealkylation sites (tertiary alicyclic amines) is 1. The molecule has 10 heteroatoms. The third-order valence-electron chi connectivity index (χ3n) is 5.63. The number of nitrogens with one attached hydrogen (secondary N) is 1. The van der Waals surface area contributed by atoms with E-state index in [1.807, 2.05) is 0 Å². The first-order valence-corrected chi connectivity index (χ1v) is 13.0. The van der Waals surface area contributed by atoms with Crippen molar-refractivity contribution in [2.75, 3.05) is 31.6 Å². The summed E-state index contributed by atoms with van der Waals surface area (Å²) in [5.41, 5.74) is -0.317. The zero-order valence-corrected chi connectivity index (χ0v) is 20.7. The molecule has 0 saturated carbocycles. The normalized spacial score (nSPS) is 19.9. The van der Waals surface area contributed by atoms with E-state index in [0.717, 1.165) is 19.3 Å². The van der Waals surface area contributed by atoms with Crippen molar-refractivity contribution in [3.8, 4) is 5.75 Å². The highest BCUT2D eigenvalue weighted by Gasteiger charge is 2.37. The molecule has 33 heavy (non-hydrogen) atoms. The average Bonchev–Trinajstić information content (AvgIpc) is 3.25. The molecule has 0 unspecified atom stereocenters. The SMILES string of the molecule is CCOc1ccc(NC(=O)[C@@H]2CCCN2C(=O)OC(C)(C)C)cc1S(=O)(=O)N1CCCCC1. The molecule has 184 valence electrons. The molecule has 2 fully saturated rings. The van der Waals surface area contributed by atoms with Crippen molar-refractivity contribution >= 4 is 27.7 Å². The largest absolute Gasteiger partial charge is 0.492 e. The number of sulfonamides is 1. The molecular formula is C23H35N3O6S. The Labute approximate surface area is 196 Å². The zero-order chi connectivity index (χ0) is 24.2. The molecule has 0 radical (unpaired) electrons. The minimum Gasteiger partial charge on any atom is -0.492 e. The van der Waals surface area contributed by atoms with Crippen molar-refractivity contribution in [1.82, 2.24) is 9.21 Å². The Morgan fingerprint density at radius 3 is 2.42 bits per heavy atom. The second-order valence-corrected chi connectivity index (χ2v) is 11.3. The molecule has 1 aromatic carbocycles. The van der Waals surface area contributed by atoms with E-state index in [-0.39, 0.29) is 16.6 Å². The molecule has 0 spiro atoms. The van der Waals surface area contributed by atoms with E-state index < -0.39 is 27.8 Å². The van der Waals surface area contributed by atoms with Gasteiger partial charge in [-0.15, -0.1) is 0 Å². The van der Waals surface area contributed by atoms with Crippen molar-refractivity contribution in [3.63, 3.8) is 0 Å². The lowest BCUT2D eigenvalue weighted by Gasteiger charge is -2.28. The van der Waals surface area contributed by atoms with Crippen molar-refractivity contribution < 1.29 is 27.5 Å². The first-order valence-electron chi connectivity index (χ1n) is 11.6. The minimum atomic E-state index is -3.76. The lowest BCUT2D eigenvalue weighted by atomic mass is 10.2. The van der Waals surface area contributed by atoms with Gasteiger partial charge in [-0.2, -0.15) is 4.31 Å².